The molecule has 0 aliphatic carbocycles. The van der Waals surface area contributed by atoms with Gasteiger partial charge in [-0.05, 0) is 18.1 Å². The van der Waals surface area contributed by atoms with Crippen LogP contribution in [0.15, 0.2) is 30.6 Å². The summed E-state index contributed by atoms with van der Waals surface area (Å²) in [5.74, 6) is 0. The summed E-state index contributed by atoms with van der Waals surface area (Å²) in [6.07, 6.45) is 3.40. The predicted molar refractivity (Wildman–Crippen MR) is 61.2 cm³/mol. The fraction of sp³-hybridized carbons (Fsp3) is 0.182. The van der Waals surface area contributed by atoms with Crippen molar-refractivity contribution in [2.45, 2.75) is 13.5 Å². The maximum absolute atomic E-state index is 5.84. The highest BCUT2D eigenvalue weighted by atomic mass is 35.5. The molecule has 0 unspecified atom stereocenters. The van der Waals surface area contributed by atoms with E-state index in [0.29, 0.717) is 11.6 Å². The highest BCUT2D eigenvalue weighted by Crippen LogP contribution is 2.19. The third-order valence-corrected chi connectivity index (χ3v) is 2.52. The van der Waals surface area contributed by atoms with Gasteiger partial charge in [0, 0.05) is 12.7 Å². The van der Waals surface area contributed by atoms with Crippen molar-refractivity contribution in [3.05, 3.63) is 46.7 Å². The molecule has 0 amide bonds. The monoisotopic (exact) mass is 221 g/mol. The molecule has 1 aromatic carbocycles. The molecule has 0 aliphatic heterocycles. The number of para-hydroxylation sites is 1. The molecule has 2 N–H and O–H groups in total. The van der Waals surface area contributed by atoms with Gasteiger partial charge >= 0.3 is 0 Å². The van der Waals surface area contributed by atoms with Gasteiger partial charge in [-0.2, -0.15) is 5.10 Å². The van der Waals surface area contributed by atoms with Gasteiger partial charge in [-0.15, -0.1) is 0 Å². The molecule has 0 bridgehead atoms. The standard InChI is InChI=1S/C11H12ClN3/c1-8-3-2-4-9(5-13)11(8)15-7-10(12)6-14-15/h2-4,6-7H,5,13H2,1H3. The first kappa shape index (κ1) is 10.2. The van der Waals surface area contributed by atoms with Crippen LogP contribution in [0.1, 0.15) is 11.1 Å². The molecule has 0 fully saturated rings. The summed E-state index contributed by atoms with van der Waals surface area (Å²) < 4.78 is 1.76. The van der Waals surface area contributed by atoms with Crippen LogP contribution in [-0.4, -0.2) is 9.78 Å². The van der Waals surface area contributed by atoms with Gasteiger partial charge in [0.05, 0.1) is 16.9 Å². The number of nitrogens with two attached hydrogens (primary N) is 1. The summed E-state index contributed by atoms with van der Waals surface area (Å²) in [7, 11) is 0. The van der Waals surface area contributed by atoms with Crippen LogP contribution in [0.2, 0.25) is 5.02 Å². The predicted octanol–water partition coefficient (Wildman–Crippen LogP) is 2.29. The van der Waals surface area contributed by atoms with Crippen LogP contribution in [0.5, 0.6) is 0 Å². The quantitative estimate of drug-likeness (QED) is 0.846. The van der Waals surface area contributed by atoms with Gasteiger partial charge in [-0.25, -0.2) is 4.68 Å². The van der Waals surface area contributed by atoms with Crippen LogP contribution in [0.25, 0.3) is 5.69 Å². The molecule has 0 aliphatic rings. The van der Waals surface area contributed by atoms with Gasteiger partial charge in [-0.3, -0.25) is 0 Å². The zero-order valence-electron chi connectivity index (χ0n) is 8.44. The van der Waals surface area contributed by atoms with Gasteiger partial charge in [0.2, 0.25) is 0 Å². The molecule has 3 nitrogen and oxygen atoms in total. The van der Waals surface area contributed by atoms with E-state index in [2.05, 4.69) is 5.10 Å². The van der Waals surface area contributed by atoms with E-state index < -0.39 is 0 Å². The minimum Gasteiger partial charge on any atom is -0.326 e. The van der Waals surface area contributed by atoms with E-state index >= 15 is 0 Å². The zero-order valence-corrected chi connectivity index (χ0v) is 9.20. The van der Waals surface area contributed by atoms with Gasteiger partial charge in [-0.1, -0.05) is 29.8 Å². The number of rotatable bonds is 2. The first-order valence-electron chi connectivity index (χ1n) is 4.71. The molecule has 1 heterocycles. The normalized spacial score (nSPS) is 10.6. The molecular formula is C11H12ClN3. The Morgan fingerprint density at radius 2 is 2.27 bits per heavy atom. The molecule has 2 rings (SSSR count). The van der Waals surface area contributed by atoms with Crippen molar-refractivity contribution >= 4 is 11.6 Å². The number of nitrogens with zero attached hydrogens (tertiary/aromatic N) is 2. The number of hydrogen-bond donors (Lipinski definition) is 1. The molecule has 0 spiro atoms. The minimum absolute atomic E-state index is 0.495. The number of halogens is 1. The van der Waals surface area contributed by atoms with E-state index in [1.807, 2.05) is 25.1 Å². The lowest BCUT2D eigenvalue weighted by Gasteiger charge is -2.10. The van der Waals surface area contributed by atoms with Crippen molar-refractivity contribution in [3.63, 3.8) is 0 Å². The highest BCUT2D eigenvalue weighted by Gasteiger charge is 2.07. The van der Waals surface area contributed by atoms with E-state index in [4.69, 9.17) is 17.3 Å². The number of hydrogen-bond acceptors (Lipinski definition) is 2. The first-order chi connectivity index (χ1) is 7.22. The molecule has 0 atom stereocenters. The van der Waals surface area contributed by atoms with Crippen molar-refractivity contribution in [1.29, 1.82) is 0 Å². The van der Waals surface area contributed by atoms with Crippen molar-refractivity contribution in [2.75, 3.05) is 0 Å². The van der Waals surface area contributed by atoms with Crippen LogP contribution in [0, 0.1) is 6.92 Å². The average molecular weight is 222 g/mol. The van der Waals surface area contributed by atoms with Crippen LogP contribution in [0.3, 0.4) is 0 Å². The van der Waals surface area contributed by atoms with Crippen molar-refractivity contribution < 1.29 is 0 Å². The lowest BCUT2D eigenvalue weighted by atomic mass is 10.1. The largest absolute Gasteiger partial charge is 0.326 e. The molecule has 0 radical (unpaired) electrons. The number of aryl methyl sites for hydroxylation is 1. The lowest BCUT2D eigenvalue weighted by Crippen LogP contribution is -2.06. The summed E-state index contributed by atoms with van der Waals surface area (Å²) in [5.41, 5.74) is 8.91. The fourth-order valence-electron chi connectivity index (χ4n) is 1.64. The van der Waals surface area contributed by atoms with Crippen molar-refractivity contribution in [3.8, 4) is 5.69 Å². The average Bonchev–Trinajstić information content (AvgIpc) is 2.64. The molecule has 15 heavy (non-hydrogen) atoms. The zero-order chi connectivity index (χ0) is 10.8. The summed E-state index contributed by atoms with van der Waals surface area (Å²) >= 11 is 5.84. The molecule has 0 saturated heterocycles. The Labute approximate surface area is 93.5 Å². The first-order valence-corrected chi connectivity index (χ1v) is 5.09. The Morgan fingerprint density at radius 3 is 2.87 bits per heavy atom. The van der Waals surface area contributed by atoms with Gasteiger partial charge in [0.15, 0.2) is 0 Å². The summed E-state index contributed by atoms with van der Waals surface area (Å²) in [4.78, 5) is 0. The Morgan fingerprint density at radius 1 is 1.47 bits per heavy atom. The molecule has 0 saturated carbocycles. The Kier molecular flexibility index (Phi) is 2.75. The Bertz CT molecular complexity index is 476. The van der Waals surface area contributed by atoms with Gasteiger partial charge in [0.1, 0.15) is 0 Å². The Hall–Kier alpha value is -1.32. The number of aromatic nitrogens is 2. The minimum atomic E-state index is 0.495. The second kappa shape index (κ2) is 4.04. The van der Waals surface area contributed by atoms with Crippen LogP contribution in [-0.2, 0) is 6.54 Å². The molecule has 2 aromatic rings. The maximum Gasteiger partial charge on any atom is 0.0790 e. The van der Waals surface area contributed by atoms with E-state index in [9.17, 15) is 0 Å². The van der Waals surface area contributed by atoms with Gasteiger partial charge < -0.3 is 5.73 Å². The SMILES string of the molecule is Cc1cccc(CN)c1-n1cc(Cl)cn1. The molecule has 4 heteroatoms. The summed E-state index contributed by atoms with van der Waals surface area (Å²) in [6, 6.07) is 6.02. The number of benzene rings is 1. The second-order valence-corrected chi connectivity index (χ2v) is 3.83. The molecule has 1 aromatic heterocycles. The maximum atomic E-state index is 5.84. The second-order valence-electron chi connectivity index (χ2n) is 3.39. The fourth-order valence-corrected chi connectivity index (χ4v) is 1.77. The summed E-state index contributed by atoms with van der Waals surface area (Å²) in [6.45, 7) is 2.53. The van der Waals surface area contributed by atoms with Crippen LogP contribution >= 0.6 is 11.6 Å². The van der Waals surface area contributed by atoms with Gasteiger partial charge in [0.25, 0.3) is 0 Å². The Balaban J connectivity index is 2.60. The molecule has 78 valence electrons. The lowest BCUT2D eigenvalue weighted by molar-refractivity contribution is 0.850. The van der Waals surface area contributed by atoms with E-state index in [1.165, 1.54) is 0 Å². The van der Waals surface area contributed by atoms with Crippen molar-refractivity contribution in [1.82, 2.24) is 9.78 Å². The summed E-state index contributed by atoms with van der Waals surface area (Å²) in [5, 5.41) is 4.81. The third-order valence-electron chi connectivity index (χ3n) is 2.32. The highest BCUT2D eigenvalue weighted by molar-refractivity contribution is 6.30. The van der Waals surface area contributed by atoms with Crippen LogP contribution < -0.4 is 5.73 Å². The van der Waals surface area contributed by atoms with Crippen molar-refractivity contribution in [2.24, 2.45) is 5.73 Å². The van der Waals surface area contributed by atoms with E-state index in [0.717, 1.165) is 16.8 Å². The smallest absolute Gasteiger partial charge is 0.0790 e. The van der Waals surface area contributed by atoms with E-state index in [1.54, 1.807) is 17.1 Å². The topological polar surface area (TPSA) is 43.8 Å². The van der Waals surface area contributed by atoms with E-state index in [-0.39, 0.29) is 0 Å². The third kappa shape index (κ3) is 1.89. The van der Waals surface area contributed by atoms with Crippen LogP contribution in [0.4, 0.5) is 0 Å². The molecular weight excluding hydrogens is 210 g/mol.